The molecule has 0 atom stereocenters. The summed E-state index contributed by atoms with van der Waals surface area (Å²) in [7, 11) is 0. The van der Waals surface area contributed by atoms with Crippen LogP contribution in [0.15, 0.2) is 0 Å². The van der Waals surface area contributed by atoms with Crippen molar-refractivity contribution in [1.82, 2.24) is 0 Å². The minimum Gasteiger partial charge on any atom is -0.106 e. The SMILES string of the molecule is CC#C[CH]CC. The molecule has 0 rings (SSSR count). The Hall–Kier alpha value is -0.440. The lowest BCUT2D eigenvalue weighted by molar-refractivity contribution is 1.16. The van der Waals surface area contributed by atoms with Crippen molar-refractivity contribution in [1.29, 1.82) is 0 Å². The number of hydrogen-bond acceptors (Lipinski definition) is 0. The fourth-order valence-electron chi connectivity index (χ4n) is 0.204. The highest BCUT2D eigenvalue weighted by Gasteiger charge is 1.64. The molecule has 33 valence electrons. The topological polar surface area (TPSA) is 0 Å². The van der Waals surface area contributed by atoms with Crippen molar-refractivity contribution >= 4 is 0 Å². The van der Waals surface area contributed by atoms with Gasteiger partial charge in [0.1, 0.15) is 0 Å². The lowest BCUT2D eigenvalue weighted by atomic mass is 10.3. The van der Waals surface area contributed by atoms with Gasteiger partial charge in [0, 0.05) is 6.42 Å². The molecule has 0 heterocycles. The Balaban J connectivity index is 2.79. The summed E-state index contributed by atoms with van der Waals surface area (Å²) in [4.78, 5) is 0. The van der Waals surface area contributed by atoms with Gasteiger partial charge in [-0.1, -0.05) is 12.8 Å². The van der Waals surface area contributed by atoms with Gasteiger partial charge in [0.05, 0.1) is 0 Å². The summed E-state index contributed by atoms with van der Waals surface area (Å²) in [6, 6.07) is 0. The van der Waals surface area contributed by atoms with E-state index in [9.17, 15) is 0 Å². The van der Waals surface area contributed by atoms with Crippen LogP contribution in [0.1, 0.15) is 20.3 Å². The molecule has 0 bridgehead atoms. The van der Waals surface area contributed by atoms with Crippen LogP contribution in [0.4, 0.5) is 0 Å². The molecular weight excluding hydrogens is 72.1 g/mol. The van der Waals surface area contributed by atoms with E-state index in [4.69, 9.17) is 0 Å². The van der Waals surface area contributed by atoms with Crippen LogP contribution in [0.5, 0.6) is 0 Å². The Kier molecular flexibility index (Phi) is 4.23. The van der Waals surface area contributed by atoms with E-state index in [1.54, 1.807) is 0 Å². The van der Waals surface area contributed by atoms with Crippen LogP contribution < -0.4 is 0 Å². The fourth-order valence-corrected chi connectivity index (χ4v) is 0.204. The molecule has 0 heteroatoms. The monoisotopic (exact) mass is 81.1 g/mol. The summed E-state index contributed by atoms with van der Waals surface area (Å²) < 4.78 is 0. The van der Waals surface area contributed by atoms with E-state index < -0.39 is 0 Å². The summed E-state index contributed by atoms with van der Waals surface area (Å²) in [6.45, 7) is 3.91. The average Bonchev–Trinajstić information content (AvgIpc) is 1.61. The van der Waals surface area contributed by atoms with Crippen molar-refractivity contribution in [2.24, 2.45) is 0 Å². The second-order valence-electron chi connectivity index (χ2n) is 1.01. The van der Waals surface area contributed by atoms with Gasteiger partial charge < -0.3 is 0 Å². The maximum absolute atomic E-state index is 2.82. The third-order valence-corrected chi connectivity index (χ3v) is 0.451. The first-order valence-electron chi connectivity index (χ1n) is 2.15. The molecule has 0 amide bonds. The molecule has 0 aromatic heterocycles. The largest absolute Gasteiger partial charge is 0.106 e. The molecule has 0 aromatic rings. The van der Waals surface area contributed by atoms with Crippen molar-refractivity contribution in [3.8, 4) is 11.8 Å². The summed E-state index contributed by atoms with van der Waals surface area (Å²) in [5, 5.41) is 0. The summed E-state index contributed by atoms with van der Waals surface area (Å²) in [5.41, 5.74) is 0. The zero-order valence-corrected chi connectivity index (χ0v) is 4.28. The highest BCUT2D eigenvalue weighted by Crippen LogP contribution is 1.76. The third-order valence-electron chi connectivity index (χ3n) is 0.451. The van der Waals surface area contributed by atoms with Crippen molar-refractivity contribution in [2.75, 3.05) is 0 Å². The van der Waals surface area contributed by atoms with Gasteiger partial charge in [-0.05, 0) is 13.3 Å². The van der Waals surface area contributed by atoms with Crippen molar-refractivity contribution in [2.45, 2.75) is 20.3 Å². The molecule has 6 heavy (non-hydrogen) atoms. The highest BCUT2D eigenvalue weighted by molar-refractivity contribution is 5.06. The smallest absolute Gasteiger partial charge is 0.0337 e. The molecule has 0 nitrogen and oxygen atoms in total. The van der Waals surface area contributed by atoms with Gasteiger partial charge >= 0.3 is 0 Å². The predicted molar refractivity (Wildman–Crippen MR) is 28.0 cm³/mol. The molecule has 0 saturated carbocycles. The molecule has 0 spiro atoms. The Morgan fingerprint density at radius 3 is 2.50 bits per heavy atom. The first-order valence-corrected chi connectivity index (χ1v) is 2.15. The van der Waals surface area contributed by atoms with Gasteiger partial charge in [0.2, 0.25) is 0 Å². The maximum atomic E-state index is 2.82. The van der Waals surface area contributed by atoms with Gasteiger partial charge in [-0.2, -0.15) is 0 Å². The molecule has 0 fully saturated rings. The maximum Gasteiger partial charge on any atom is 0.0337 e. The average molecular weight is 81.1 g/mol. The van der Waals surface area contributed by atoms with E-state index in [-0.39, 0.29) is 0 Å². The van der Waals surface area contributed by atoms with E-state index in [1.165, 1.54) is 0 Å². The number of rotatable bonds is 1. The highest BCUT2D eigenvalue weighted by atomic mass is 13.7. The second-order valence-corrected chi connectivity index (χ2v) is 1.01. The Bertz CT molecular complexity index is 61.8. The minimum atomic E-state index is 1.06. The van der Waals surface area contributed by atoms with Crippen LogP contribution in [-0.2, 0) is 0 Å². The van der Waals surface area contributed by atoms with Crippen molar-refractivity contribution < 1.29 is 0 Å². The molecule has 0 N–H and O–H groups in total. The Morgan fingerprint density at radius 2 is 2.33 bits per heavy atom. The zero-order chi connectivity index (χ0) is 4.83. The van der Waals surface area contributed by atoms with Crippen LogP contribution in [0.25, 0.3) is 0 Å². The number of hydrogen-bond donors (Lipinski definition) is 0. The van der Waals surface area contributed by atoms with Gasteiger partial charge in [0.15, 0.2) is 0 Å². The van der Waals surface area contributed by atoms with E-state index >= 15 is 0 Å². The Labute approximate surface area is 39.6 Å². The lowest BCUT2D eigenvalue weighted by Gasteiger charge is -1.70. The van der Waals surface area contributed by atoms with Crippen LogP contribution in [0, 0.1) is 18.3 Å². The van der Waals surface area contributed by atoms with E-state index in [0.29, 0.717) is 0 Å². The molecule has 0 aromatic carbocycles. The number of unbranched alkanes of at least 4 members (excludes halogenated alkanes) is 1. The van der Waals surface area contributed by atoms with Crippen molar-refractivity contribution in [3.63, 3.8) is 0 Å². The minimum absolute atomic E-state index is 1.06. The van der Waals surface area contributed by atoms with Crippen LogP contribution in [0.2, 0.25) is 0 Å². The molecule has 0 aliphatic carbocycles. The standard InChI is InChI=1S/C6H9/c1-3-5-6-4-2/h5H,3H2,1-2H3. The summed E-state index contributed by atoms with van der Waals surface area (Å²) in [5.74, 6) is 5.59. The van der Waals surface area contributed by atoms with Gasteiger partial charge in [-0.25, -0.2) is 0 Å². The molecule has 0 aliphatic heterocycles. The fraction of sp³-hybridized carbons (Fsp3) is 0.500. The normalized spacial score (nSPS) is 6.33. The summed E-state index contributed by atoms with van der Waals surface area (Å²) >= 11 is 0. The predicted octanol–water partition coefficient (Wildman–Crippen LogP) is 1.62. The van der Waals surface area contributed by atoms with Gasteiger partial charge in [0.25, 0.3) is 0 Å². The van der Waals surface area contributed by atoms with Gasteiger partial charge in [-0.15, -0.1) is 5.92 Å². The Morgan fingerprint density at radius 1 is 1.67 bits per heavy atom. The van der Waals surface area contributed by atoms with Crippen LogP contribution in [-0.4, -0.2) is 0 Å². The van der Waals surface area contributed by atoms with Crippen LogP contribution in [0.3, 0.4) is 0 Å². The molecule has 0 saturated heterocycles. The molecule has 1 radical (unpaired) electrons. The molecular formula is C6H9. The molecule has 0 unspecified atom stereocenters. The zero-order valence-electron chi connectivity index (χ0n) is 4.28. The summed E-state index contributed by atoms with van der Waals surface area (Å²) in [6.07, 6.45) is 3.00. The van der Waals surface area contributed by atoms with Crippen LogP contribution >= 0.6 is 0 Å². The molecule has 0 aliphatic rings. The van der Waals surface area contributed by atoms with E-state index in [2.05, 4.69) is 18.8 Å². The third kappa shape index (κ3) is 3.56. The quantitative estimate of drug-likeness (QED) is 0.421. The first kappa shape index (κ1) is 5.56. The van der Waals surface area contributed by atoms with E-state index in [0.717, 1.165) is 6.42 Å². The lowest BCUT2D eigenvalue weighted by Crippen LogP contribution is -1.58. The first-order chi connectivity index (χ1) is 2.91. The van der Waals surface area contributed by atoms with Crippen molar-refractivity contribution in [3.05, 3.63) is 6.42 Å². The van der Waals surface area contributed by atoms with E-state index in [1.807, 2.05) is 13.3 Å². The second kappa shape index (κ2) is 4.56. The van der Waals surface area contributed by atoms with Gasteiger partial charge in [-0.3, -0.25) is 0 Å².